The van der Waals surface area contributed by atoms with Gasteiger partial charge in [-0.1, -0.05) is 6.07 Å². The molecule has 1 rings (SSSR count). The molecule has 0 radical (unpaired) electrons. The fourth-order valence-electron chi connectivity index (χ4n) is 1.30. The topological polar surface area (TPSA) is 32.3 Å². The molecular formula is C11H14F3NO. The molecule has 0 heterocycles. The standard InChI is InChI=1S/C11H14F3NO/c1-7-3-4-9(15-6-8(2)16)5-10(7)11(12,13)14/h3-5,8,15-16H,6H2,1-2H3. The Hall–Kier alpha value is -1.23. The molecule has 2 N–H and O–H groups in total. The van der Waals surface area contributed by atoms with Crippen LogP contribution in [0, 0.1) is 6.92 Å². The first-order chi connectivity index (χ1) is 7.30. The smallest absolute Gasteiger partial charge is 0.392 e. The van der Waals surface area contributed by atoms with Gasteiger partial charge in [0.1, 0.15) is 0 Å². The lowest BCUT2D eigenvalue weighted by Gasteiger charge is -2.14. The molecule has 5 heteroatoms. The molecule has 0 aliphatic carbocycles. The quantitative estimate of drug-likeness (QED) is 0.841. The second-order valence-electron chi connectivity index (χ2n) is 3.76. The van der Waals surface area contributed by atoms with E-state index in [1.54, 1.807) is 13.0 Å². The highest BCUT2D eigenvalue weighted by Gasteiger charge is 2.32. The largest absolute Gasteiger partial charge is 0.416 e. The lowest BCUT2D eigenvalue weighted by Crippen LogP contribution is -2.16. The van der Waals surface area contributed by atoms with Crippen LogP contribution in [0.15, 0.2) is 18.2 Å². The molecule has 1 atom stereocenters. The molecule has 0 aliphatic rings. The van der Waals surface area contributed by atoms with E-state index in [-0.39, 0.29) is 12.1 Å². The first kappa shape index (κ1) is 12.8. The predicted octanol–water partition coefficient (Wildman–Crippen LogP) is 2.81. The Morgan fingerprint density at radius 1 is 1.38 bits per heavy atom. The molecule has 0 fully saturated rings. The van der Waals surface area contributed by atoms with Crippen molar-refractivity contribution in [2.24, 2.45) is 0 Å². The normalized spacial score (nSPS) is 13.6. The van der Waals surface area contributed by atoms with Crippen LogP contribution in [0.1, 0.15) is 18.1 Å². The van der Waals surface area contributed by atoms with Gasteiger partial charge in [0.25, 0.3) is 0 Å². The average Bonchev–Trinajstić information content (AvgIpc) is 2.14. The molecule has 0 amide bonds. The van der Waals surface area contributed by atoms with E-state index in [4.69, 9.17) is 5.11 Å². The summed E-state index contributed by atoms with van der Waals surface area (Å²) in [6, 6.07) is 4.03. The molecule has 1 unspecified atom stereocenters. The van der Waals surface area contributed by atoms with Crippen molar-refractivity contribution in [1.82, 2.24) is 0 Å². The van der Waals surface area contributed by atoms with Crippen LogP contribution >= 0.6 is 0 Å². The summed E-state index contributed by atoms with van der Waals surface area (Å²) in [7, 11) is 0. The summed E-state index contributed by atoms with van der Waals surface area (Å²) in [6.07, 6.45) is -4.94. The molecule has 0 spiro atoms. The SMILES string of the molecule is Cc1ccc(NCC(C)O)cc1C(F)(F)F. The van der Waals surface area contributed by atoms with E-state index < -0.39 is 17.8 Å². The second kappa shape index (κ2) is 4.74. The minimum absolute atomic E-state index is 0.190. The van der Waals surface area contributed by atoms with Crippen molar-refractivity contribution >= 4 is 5.69 Å². The summed E-state index contributed by atoms with van der Waals surface area (Å²) in [6.45, 7) is 3.20. The lowest BCUT2D eigenvalue weighted by molar-refractivity contribution is -0.138. The molecule has 0 saturated carbocycles. The molecule has 0 aliphatic heterocycles. The highest BCUT2D eigenvalue weighted by Crippen LogP contribution is 2.33. The fraction of sp³-hybridized carbons (Fsp3) is 0.455. The predicted molar refractivity (Wildman–Crippen MR) is 56.4 cm³/mol. The van der Waals surface area contributed by atoms with Crippen LogP contribution in [0.5, 0.6) is 0 Å². The monoisotopic (exact) mass is 233 g/mol. The summed E-state index contributed by atoms with van der Waals surface area (Å²) in [4.78, 5) is 0. The zero-order chi connectivity index (χ0) is 12.3. The summed E-state index contributed by atoms with van der Waals surface area (Å²) < 4.78 is 37.7. The number of halogens is 3. The molecule has 90 valence electrons. The van der Waals surface area contributed by atoms with E-state index in [0.29, 0.717) is 5.69 Å². The van der Waals surface area contributed by atoms with Gasteiger partial charge in [-0.3, -0.25) is 0 Å². The van der Waals surface area contributed by atoms with Gasteiger partial charge in [0, 0.05) is 12.2 Å². The van der Waals surface area contributed by atoms with Crippen molar-refractivity contribution in [3.63, 3.8) is 0 Å². The van der Waals surface area contributed by atoms with E-state index >= 15 is 0 Å². The van der Waals surface area contributed by atoms with E-state index in [0.717, 1.165) is 6.07 Å². The van der Waals surface area contributed by atoms with Crippen molar-refractivity contribution in [1.29, 1.82) is 0 Å². The zero-order valence-electron chi connectivity index (χ0n) is 9.10. The second-order valence-corrected chi connectivity index (χ2v) is 3.76. The van der Waals surface area contributed by atoms with Gasteiger partial charge in [0.2, 0.25) is 0 Å². The van der Waals surface area contributed by atoms with Gasteiger partial charge in [-0.25, -0.2) is 0 Å². The van der Waals surface area contributed by atoms with Crippen molar-refractivity contribution in [3.05, 3.63) is 29.3 Å². The molecule has 1 aromatic rings. The van der Waals surface area contributed by atoms with E-state index in [9.17, 15) is 13.2 Å². The highest BCUT2D eigenvalue weighted by molar-refractivity contribution is 5.49. The number of benzene rings is 1. The summed E-state index contributed by atoms with van der Waals surface area (Å²) >= 11 is 0. The molecule has 2 nitrogen and oxygen atoms in total. The Kier molecular flexibility index (Phi) is 3.80. The van der Waals surface area contributed by atoms with Gasteiger partial charge in [-0.15, -0.1) is 0 Å². The average molecular weight is 233 g/mol. The fourth-order valence-corrected chi connectivity index (χ4v) is 1.30. The Morgan fingerprint density at radius 2 is 2.00 bits per heavy atom. The van der Waals surface area contributed by atoms with Crippen LogP contribution in [0.4, 0.5) is 18.9 Å². The van der Waals surface area contributed by atoms with E-state index in [1.165, 1.54) is 13.0 Å². The minimum atomic E-state index is -4.34. The van der Waals surface area contributed by atoms with Crippen LogP contribution in [0.3, 0.4) is 0 Å². The molecule has 0 bridgehead atoms. The van der Waals surface area contributed by atoms with E-state index in [1.807, 2.05) is 0 Å². The maximum absolute atomic E-state index is 12.6. The Bertz CT molecular complexity index is 361. The number of aryl methyl sites for hydroxylation is 1. The maximum Gasteiger partial charge on any atom is 0.416 e. The van der Waals surface area contributed by atoms with Crippen LogP contribution in [-0.2, 0) is 6.18 Å². The Morgan fingerprint density at radius 3 is 2.50 bits per heavy atom. The number of alkyl halides is 3. The highest BCUT2D eigenvalue weighted by atomic mass is 19.4. The molecule has 0 aromatic heterocycles. The Labute approximate surface area is 92.1 Å². The first-order valence-corrected chi connectivity index (χ1v) is 4.90. The summed E-state index contributed by atoms with van der Waals surface area (Å²) in [5, 5.41) is 11.7. The molecular weight excluding hydrogens is 219 g/mol. The number of aliphatic hydroxyl groups is 1. The lowest BCUT2D eigenvalue weighted by atomic mass is 10.1. The van der Waals surface area contributed by atoms with Crippen LogP contribution < -0.4 is 5.32 Å². The number of anilines is 1. The van der Waals surface area contributed by atoms with Gasteiger partial charge >= 0.3 is 6.18 Å². The third-order valence-corrected chi connectivity index (χ3v) is 2.14. The van der Waals surface area contributed by atoms with Crippen LogP contribution in [0.25, 0.3) is 0 Å². The van der Waals surface area contributed by atoms with Crippen molar-refractivity contribution in [2.45, 2.75) is 26.1 Å². The van der Waals surface area contributed by atoms with Gasteiger partial charge in [0.05, 0.1) is 11.7 Å². The number of hydrogen-bond donors (Lipinski definition) is 2. The minimum Gasteiger partial charge on any atom is -0.392 e. The summed E-state index contributed by atoms with van der Waals surface area (Å²) in [5.41, 5.74) is -0.1000. The van der Waals surface area contributed by atoms with Crippen LogP contribution in [0.2, 0.25) is 0 Å². The third kappa shape index (κ3) is 3.41. The van der Waals surface area contributed by atoms with Crippen molar-refractivity contribution in [2.75, 3.05) is 11.9 Å². The Balaban J connectivity index is 2.90. The van der Waals surface area contributed by atoms with Gasteiger partial charge < -0.3 is 10.4 Å². The molecule has 0 saturated heterocycles. The third-order valence-electron chi connectivity index (χ3n) is 2.14. The van der Waals surface area contributed by atoms with Crippen LogP contribution in [-0.4, -0.2) is 17.8 Å². The van der Waals surface area contributed by atoms with Crippen molar-refractivity contribution in [3.8, 4) is 0 Å². The van der Waals surface area contributed by atoms with Gasteiger partial charge in [0.15, 0.2) is 0 Å². The van der Waals surface area contributed by atoms with Gasteiger partial charge in [-0.2, -0.15) is 13.2 Å². The summed E-state index contributed by atoms with van der Waals surface area (Å²) in [5.74, 6) is 0. The molecule has 16 heavy (non-hydrogen) atoms. The number of nitrogens with one attached hydrogen (secondary N) is 1. The maximum atomic E-state index is 12.6. The van der Waals surface area contributed by atoms with E-state index in [2.05, 4.69) is 5.32 Å². The number of rotatable bonds is 3. The van der Waals surface area contributed by atoms with Crippen molar-refractivity contribution < 1.29 is 18.3 Å². The number of hydrogen-bond acceptors (Lipinski definition) is 2. The van der Waals surface area contributed by atoms with Gasteiger partial charge in [-0.05, 0) is 31.5 Å². The zero-order valence-corrected chi connectivity index (χ0v) is 9.10. The molecule has 1 aromatic carbocycles. The first-order valence-electron chi connectivity index (χ1n) is 4.90. The number of aliphatic hydroxyl groups excluding tert-OH is 1.